The molecule has 0 nitrogen and oxygen atoms in total. The molecule has 52 valence electrons. The first kappa shape index (κ1) is 5.76. The Kier molecular flexibility index (Phi) is 0.868. The van der Waals surface area contributed by atoms with E-state index in [9.17, 15) is 0 Å². The fourth-order valence-corrected chi connectivity index (χ4v) is 2.85. The summed E-state index contributed by atoms with van der Waals surface area (Å²) in [5.74, 6) is 3.47. The Bertz CT molecular complexity index is 127. The quantitative estimate of drug-likeness (QED) is 0.531. The molecular weight excluding hydrogens is 108 g/mol. The highest BCUT2D eigenvalue weighted by molar-refractivity contribution is 5.25. The zero-order chi connectivity index (χ0) is 6.65. The van der Waals surface area contributed by atoms with Crippen LogP contribution < -0.4 is 0 Å². The monoisotopic (exact) mass is 124 g/mol. The largest absolute Gasteiger partial charge is 0.0651 e. The molecule has 2 fully saturated rings. The molecule has 2 aliphatic carbocycles. The Morgan fingerprint density at radius 2 is 1.78 bits per heavy atom. The van der Waals surface area contributed by atoms with Crippen LogP contribution in [0.5, 0.6) is 0 Å². The Labute approximate surface area is 57.6 Å². The maximum absolute atomic E-state index is 2.45. The van der Waals surface area contributed by atoms with Crippen LogP contribution in [0.3, 0.4) is 0 Å². The van der Waals surface area contributed by atoms with Gasteiger partial charge in [0.1, 0.15) is 0 Å². The van der Waals surface area contributed by atoms with E-state index in [2.05, 4.69) is 20.8 Å². The molecule has 0 heteroatoms. The van der Waals surface area contributed by atoms with Crippen LogP contribution in [0.25, 0.3) is 0 Å². The van der Waals surface area contributed by atoms with Crippen molar-refractivity contribution in [2.45, 2.75) is 33.6 Å². The van der Waals surface area contributed by atoms with E-state index in [1.54, 1.807) is 0 Å². The second-order valence-electron chi connectivity index (χ2n) is 3.98. The van der Waals surface area contributed by atoms with Crippen LogP contribution in [0.15, 0.2) is 0 Å². The van der Waals surface area contributed by atoms with E-state index in [0.717, 1.165) is 23.2 Å². The van der Waals surface area contributed by atoms with Gasteiger partial charge in [0.05, 0.1) is 0 Å². The number of hydrogen-bond donors (Lipinski definition) is 0. The van der Waals surface area contributed by atoms with Gasteiger partial charge in [-0.15, -0.1) is 0 Å². The average Bonchev–Trinajstić information content (AvgIpc) is 2.70. The summed E-state index contributed by atoms with van der Waals surface area (Å²) >= 11 is 0. The van der Waals surface area contributed by atoms with Crippen LogP contribution in [-0.2, 0) is 0 Å². The van der Waals surface area contributed by atoms with E-state index in [-0.39, 0.29) is 0 Å². The van der Waals surface area contributed by atoms with E-state index in [1.165, 1.54) is 12.8 Å². The summed E-state index contributed by atoms with van der Waals surface area (Å²) in [5.41, 5.74) is 0.820. The molecule has 2 unspecified atom stereocenters. The van der Waals surface area contributed by atoms with Crippen LogP contribution >= 0.6 is 0 Å². The summed E-state index contributed by atoms with van der Waals surface area (Å²) in [4.78, 5) is 0. The van der Waals surface area contributed by atoms with Gasteiger partial charge < -0.3 is 0 Å². The molecule has 2 atom stereocenters. The molecule has 0 aliphatic heterocycles. The smallest absolute Gasteiger partial charge is 0.0260 e. The standard InChI is InChI=1S/C9H16/c1-4-6-7-8(6)9(7,3)5-2/h6-8H,4-5H2,1-3H3. The highest BCUT2D eigenvalue weighted by Gasteiger charge is 2.78. The fraction of sp³-hybridized carbons (Fsp3) is 1.00. The minimum atomic E-state index is 0.820. The average molecular weight is 124 g/mol. The summed E-state index contributed by atoms with van der Waals surface area (Å²) in [6, 6.07) is 0. The van der Waals surface area contributed by atoms with Gasteiger partial charge in [-0.3, -0.25) is 0 Å². The van der Waals surface area contributed by atoms with Crippen molar-refractivity contribution in [3.8, 4) is 0 Å². The van der Waals surface area contributed by atoms with Crippen molar-refractivity contribution >= 4 is 0 Å². The molecule has 2 saturated carbocycles. The third-order valence-electron chi connectivity index (χ3n) is 3.82. The van der Waals surface area contributed by atoms with Gasteiger partial charge in [-0.1, -0.05) is 33.6 Å². The first-order chi connectivity index (χ1) is 4.25. The lowest BCUT2D eigenvalue weighted by molar-refractivity contribution is 0.311. The highest BCUT2D eigenvalue weighted by Crippen LogP contribution is 2.83. The molecule has 0 aromatic heterocycles. The van der Waals surface area contributed by atoms with Gasteiger partial charge >= 0.3 is 0 Å². The van der Waals surface area contributed by atoms with Gasteiger partial charge in [-0.05, 0) is 23.2 Å². The van der Waals surface area contributed by atoms with Crippen molar-refractivity contribution < 1.29 is 0 Å². The maximum Gasteiger partial charge on any atom is -0.0260 e. The first-order valence-corrected chi connectivity index (χ1v) is 4.25. The first-order valence-electron chi connectivity index (χ1n) is 4.25. The summed E-state index contributed by atoms with van der Waals surface area (Å²) in [7, 11) is 0. The van der Waals surface area contributed by atoms with Crippen LogP contribution in [0.2, 0.25) is 0 Å². The third-order valence-corrected chi connectivity index (χ3v) is 3.82. The molecule has 0 bridgehead atoms. The van der Waals surface area contributed by atoms with Gasteiger partial charge in [0.2, 0.25) is 0 Å². The molecule has 0 amide bonds. The second-order valence-corrected chi connectivity index (χ2v) is 3.98. The van der Waals surface area contributed by atoms with Gasteiger partial charge in [0, 0.05) is 0 Å². The van der Waals surface area contributed by atoms with E-state index in [1.807, 2.05) is 0 Å². The highest BCUT2D eigenvalue weighted by atomic mass is 14.8. The van der Waals surface area contributed by atoms with Gasteiger partial charge in [0.25, 0.3) is 0 Å². The molecular formula is C9H16. The summed E-state index contributed by atoms with van der Waals surface area (Å²) in [6.45, 7) is 7.11. The van der Waals surface area contributed by atoms with Crippen molar-refractivity contribution in [3.05, 3.63) is 0 Å². The zero-order valence-electron chi connectivity index (χ0n) is 6.65. The molecule has 0 heterocycles. The number of hydrogen-bond acceptors (Lipinski definition) is 0. The van der Waals surface area contributed by atoms with Gasteiger partial charge in [-0.2, -0.15) is 0 Å². The summed E-state index contributed by atoms with van der Waals surface area (Å²) in [5, 5.41) is 0. The molecule has 0 aromatic rings. The zero-order valence-corrected chi connectivity index (χ0v) is 6.65. The topological polar surface area (TPSA) is 0 Å². The molecule has 9 heavy (non-hydrogen) atoms. The molecule has 2 aliphatic rings. The van der Waals surface area contributed by atoms with Gasteiger partial charge in [0.15, 0.2) is 0 Å². The Morgan fingerprint density at radius 3 is 2.11 bits per heavy atom. The summed E-state index contributed by atoms with van der Waals surface area (Å²) in [6.07, 6.45) is 2.85. The summed E-state index contributed by atoms with van der Waals surface area (Å²) < 4.78 is 0. The Morgan fingerprint density at radius 1 is 1.22 bits per heavy atom. The predicted octanol–water partition coefficient (Wildman–Crippen LogP) is 2.69. The van der Waals surface area contributed by atoms with E-state index in [4.69, 9.17) is 0 Å². The van der Waals surface area contributed by atoms with E-state index in [0.29, 0.717) is 0 Å². The lowest BCUT2D eigenvalue weighted by Crippen LogP contribution is -2.10. The van der Waals surface area contributed by atoms with E-state index >= 15 is 0 Å². The van der Waals surface area contributed by atoms with E-state index < -0.39 is 0 Å². The predicted molar refractivity (Wildman–Crippen MR) is 39.2 cm³/mol. The third kappa shape index (κ3) is 0.461. The van der Waals surface area contributed by atoms with Crippen LogP contribution in [0, 0.1) is 23.2 Å². The lowest BCUT2D eigenvalue weighted by atomic mass is 9.87. The van der Waals surface area contributed by atoms with Crippen molar-refractivity contribution in [2.75, 3.05) is 0 Å². The van der Waals surface area contributed by atoms with Crippen LogP contribution in [0.4, 0.5) is 0 Å². The lowest BCUT2D eigenvalue weighted by Gasteiger charge is -2.18. The SMILES string of the molecule is CCC1C2C1C2(C)CC. The Balaban J connectivity index is 1.91. The fourth-order valence-electron chi connectivity index (χ4n) is 2.85. The molecule has 2 rings (SSSR count). The minimum Gasteiger partial charge on any atom is -0.0651 e. The van der Waals surface area contributed by atoms with Crippen molar-refractivity contribution in [1.82, 2.24) is 0 Å². The molecule has 0 spiro atoms. The number of fused-ring (bicyclic) bond motifs is 1. The van der Waals surface area contributed by atoms with Crippen molar-refractivity contribution in [1.29, 1.82) is 0 Å². The molecule has 0 saturated heterocycles. The normalized spacial score (nSPS) is 61.0. The van der Waals surface area contributed by atoms with Crippen molar-refractivity contribution in [3.63, 3.8) is 0 Å². The molecule has 0 radical (unpaired) electrons. The molecule has 0 N–H and O–H groups in total. The minimum absolute atomic E-state index is 0.820. The van der Waals surface area contributed by atoms with Crippen molar-refractivity contribution in [2.24, 2.45) is 23.2 Å². The van der Waals surface area contributed by atoms with Crippen LogP contribution in [0.1, 0.15) is 33.6 Å². The molecule has 0 aromatic carbocycles. The van der Waals surface area contributed by atoms with Crippen LogP contribution in [-0.4, -0.2) is 0 Å². The Hall–Kier alpha value is 0. The number of rotatable bonds is 2. The van der Waals surface area contributed by atoms with Gasteiger partial charge in [-0.25, -0.2) is 0 Å². The maximum atomic E-state index is 2.45. The second kappa shape index (κ2) is 1.36.